The Balaban J connectivity index is 1.85. The lowest BCUT2D eigenvalue weighted by molar-refractivity contribution is 0.0952. The molecule has 2 N–H and O–H groups in total. The molecule has 6 heteroatoms. The number of phenolic OH excluding ortho intramolecular Hbond substituents is 1. The summed E-state index contributed by atoms with van der Waals surface area (Å²) in [6.45, 7) is 10.1. The molecule has 0 saturated heterocycles. The van der Waals surface area contributed by atoms with Crippen LogP contribution in [0.4, 0.5) is 0 Å². The van der Waals surface area contributed by atoms with Crippen LogP contribution in [0.25, 0.3) is 0 Å². The highest BCUT2D eigenvalue weighted by molar-refractivity contribution is 6.02. The maximum absolute atomic E-state index is 12.7. The fourth-order valence-corrected chi connectivity index (χ4v) is 3.01. The highest BCUT2D eigenvalue weighted by atomic mass is 16.7. The number of phenols is 1. The van der Waals surface area contributed by atoms with Gasteiger partial charge in [0.05, 0.1) is 11.3 Å². The van der Waals surface area contributed by atoms with E-state index in [1.807, 2.05) is 38.1 Å². The van der Waals surface area contributed by atoms with Crippen LogP contribution in [0.1, 0.15) is 73.5 Å². The van der Waals surface area contributed by atoms with E-state index in [2.05, 4.69) is 24.4 Å². The summed E-state index contributed by atoms with van der Waals surface area (Å²) in [7, 11) is 0. The molecule has 2 aromatic rings. The van der Waals surface area contributed by atoms with Crippen LogP contribution in [-0.4, -0.2) is 23.5 Å². The Kier molecular flexibility index (Phi) is 5.58. The highest BCUT2D eigenvalue weighted by Crippen LogP contribution is 2.34. The summed E-state index contributed by atoms with van der Waals surface area (Å²) in [6.07, 6.45) is 0. The van der Waals surface area contributed by atoms with Crippen molar-refractivity contribution < 1.29 is 19.4 Å². The minimum absolute atomic E-state index is 0.00725. The molecule has 0 saturated carbocycles. The van der Waals surface area contributed by atoms with Crippen molar-refractivity contribution in [1.29, 1.82) is 0 Å². The molecule has 1 amide bonds. The molecule has 0 unspecified atom stereocenters. The van der Waals surface area contributed by atoms with E-state index in [9.17, 15) is 9.90 Å². The van der Waals surface area contributed by atoms with Crippen LogP contribution in [0.5, 0.6) is 17.2 Å². The summed E-state index contributed by atoms with van der Waals surface area (Å²) in [6, 6.07) is 9.17. The Hall–Kier alpha value is -3.02. The minimum Gasteiger partial charge on any atom is -0.507 e. The molecule has 0 bridgehead atoms. The lowest BCUT2D eigenvalue weighted by atomic mass is 9.92. The summed E-state index contributed by atoms with van der Waals surface area (Å²) in [4.78, 5) is 12.7. The van der Waals surface area contributed by atoms with Crippen LogP contribution in [0, 0.1) is 0 Å². The molecule has 0 spiro atoms. The molecule has 0 aliphatic carbocycles. The van der Waals surface area contributed by atoms with E-state index in [4.69, 9.17) is 9.47 Å². The standard InChI is InChI=1S/C22H26N2O4/c1-12(2)16-8-17(13(3)4)21(25)18(9-16)22(26)24-23-14(5)15-6-7-19-20(10-15)28-11-27-19/h6-10,12-13,25H,11H2,1-5H3,(H,24,26). The topological polar surface area (TPSA) is 80.2 Å². The smallest absolute Gasteiger partial charge is 0.275 e. The zero-order valence-corrected chi connectivity index (χ0v) is 16.9. The van der Waals surface area contributed by atoms with E-state index in [1.165, 1.54) is 0 Å². The molecule has 148 valence electrons. The predicted octanol–water partition coefficient (Wildman–Crippen LogP) is 4.52. The van der Waals surface area contributed by atoms with Crippen molar-refractivity contribution in [3.05, 3.63) is 52.6 Å². The first kappa shape index (κ1) is 19.7. The normalized spacial score (nSPS) is 13.3. The number of benzene rings is 2. The molecular weight excluding hydrogens is 356 g/mol. The maximum atomic E-state index is 12.7. The molecular formula is C22H26N2O4. The molecule has 1 aliphatic heterocycles. The number of hydrogen-bond donors (Lipinski definition) is 2. The Morgan fingerprint density at radius 3 is 2.46 bits per heavy atom. The third-order valence-electron chi connectivity index (χ3n) is 4.81. The Morgan fingerprint density at radius 1 is 1.07 bits per heavy atom. The molecule has 0 radical (unpaired) electrons. The van der Waals surface area contributed by atoms with Crippen LogP contribution in [0.3, 0.4) is 0 Å². The second kappa shape index (κ2) is 7.92. The Labute approximate surface area is 165 Å². The first-order chi connectivity index (χ1) is 13.3. The number of aromatic hydroxyl groups is 1. The van der Waals surface area contributed by atoms with E-state index in [0.29, 0.717) is 17.2 Å². The third-order valence-corrected chi connectivity index (χ3v) is 4.81. The number of amides is 1. The van der Waals surface area contributed by atoms with Gasteiger partial charge in [-0.15, -0.1) is 0 Å². The maximum Gasteiger partial charge on any atom is 0.275 e. The second-order valence-corrected chi connectivity index (χ2v) is 7.52. The number of hydrazone groups is 1. The SMILES string of the molecule is CC(=NNC(=O)c1cc(C(C)C)cc(C(C)C)c1O)c1ccc2c(c1)OCO2. The van der Waals surface area contributed by atoms with E-state index >= 15 is 0 Å². The summed E-state index contributed by atoms with van der Waals surface area (Å²) in [5.74, 6) is 1.25. The van der Waals surface area contributed by atoms with Crippen molar-refractivity contribution in [2.24, 2.45) is 5.10 Å². The number of nitrogens with zero attached hydrogens (tertiary/aromatic N) is 1. The van der Waals surface area contributed by atoms with Gasteiger partial charge in [-0.1, -0.05) is 33.8 Å². The van der Waals surface area contributed by atoms with Crippen molar-refractivity contribution in [2.45, 2.75) is 46.5 Å². The molecule has 6 nitrogen and oxygen atoms in total. The van der Waals surface area contributed by atoms with Gasteiger partial charge in [-0.2, -0.15) is 5.10 Å². The summed E-state index contributed by atoms with van der Waals surface area (Å²) >= 11 is 0. The molecule has 0 atom stereocenters. The molecule has 2 aromatic carbocycles. The predicted molar refractivity (Wildman–Crippen MR) is 109 cm³/mol. The van der Waals surface area contributed by atoms with Gasteiger partial charge in [0.1, 0.15) is 5.75 Å². The zero-order valence-electron chi connectivity index (χ0n) is 16.9. The number of fused-ring (bicyclic) bond motifs is 1. The third kappa shape index (κ3) is 3.96. The van der Waals surface area contributed by atoms with E-state index in [-0.39, 0.29) is 29.9 Å². The van der Waals surface area contributed by atoms with Gasteiger partial charge >= 0.3 is 0 Å². The monoisotopic (exact) mass is 382 g/mol. The molecule has 1 heterocycles. The van der Waals surface area contributed by atoms with Crippen molar-refractivity contribution in [2.75, 3.05) is 6.79 Å². The molecule has 0 aromatic heterocycles. The molecule has 0 fully saturated rings. The fourth-order valence-electron chi connectivity index (χ4n) is 3.01. The van der Waals surface area contributed by atoms with Gasteiger partial charge in [-0.05, 0) is 54.2 Å². The average Bonchev–Trinajstić information content (AvgIpc) is 3.13. The second-order valence-electron chi connectivity index (χ2n) is 7.52. The summed E-state index contributed by atoms with van der Waals surface area (Å²) < 4.78 is 10.7. The van der Waals surface area contributed by atoms with Gasteiger partial charge in [0.15, 0.2) is 11.5 Å². The van der Waals surface area contributed by atoms with Crippen molar-refractivity contribution >= 4 is 11.6 Å². The van der Waals surface area contributed by atoms with Gasteiger partial charge in [0, 0.05) is 5.56 Å². The first-order valence-electron chi connectivity index (χ1n) is 9.39. The number of carbonyl (C=O) groups is 1. The van der Waals surface area contributed by atoms with Crippen LogP contribution in [0.2, 0.25) is 0 Å². The van der Waals surface area contributed by atoms with Crippen LogP contribution < -0.4 is 14.9 Å². The fraction of sp³-hybridized carbons (Fsp3) is 0.364. The largest absolute Gasteiger partial charge is 0.507 e. The zero-order chi connectivity index (χ0) is 20.4. The van der Waals surface area contributed by atoms with Gasteiger partial charge in [-0.3, -0.25) is 4.79 Å². The number of hydrogen-bond acceptors (Lipinski definition) is 5. The minimum atomic E-state index is -0.443. The summed E-state index contributed by atoms with van der Waals surface area (Å²) in [5.41, 5.74) is 5.98. The number of ether oxygens (including phenoxy) is 2. The number of nitrogens with one attached hydrogen (secondary N) is 1. The lowest BCUT2D eigenvalue weighted by Gasteiger charge is -2.16. The van der Waals surface area contributed by atoms with Gasteiger partial charge in [0.25, 0.3) is 5.91 Å². The molecule has 3 rings (SSSR count). The lowest BCUT2D eigenvalue weighted by Crippen LogP contribution is -2.20. The van der Waals surface area contributed by atoms with Crippen molar-refractivity contribution in [3.63, 3.8) is 0 Å². The Morgan fingerprint density at radius 2 is 1.79 bits per heavy atom. The average molecular weight is 382 g/mol. The first-order valence-corrected chi connectivity index (χ1v) is 9.39. The summed E-state index contributed by atoms with van der Waals surface area (Å²) in [5, 5.41) is 14.8. The van der Waals surface area contributed by atoms with Gasteiger partial charge < -0.3 is 14.6 Å². The van der Waals surface area contributed by atoms with Crippen molar-refractivity contribution in [1.82, 2.24) is 5.43 Å². The molecule has 28 heavy (non-hydrogen) atoms. The van der Waals surface area contributed by atoms with E-state index < -0.39 is 5.91 Å². The number of rotatable bonds is 5. The Bertz CT molecular complexity index is 932. The van der Waals surface area contributed by atoms with Gasteiger partial charge in [0.2, 0.25) is 6.79 Å². The van der Waals surface area contributed by atoms with Crippen LogP contribution in [-0.2, 0) is 0 Å². The van der Waals surface area contributed by atoms with Crippen molar-refractivity contribution in [3.8, 4) is 17.2 Å². The van der Waals surface area contributed by atoms with Crippen LogP contribution >= 0.6 is 0 Å². The number of carbonyl (C=O) groups excluding carboxylic acids is 1. The highest BCUT2D eigenvalue weighted by Gasteiger charge is 2.19. The van der Waals surface area contributed by atoms with Crippen LogP contribution in [0.15, 0.2) is 35.4 Å². The van der Waals surface area contributed by atoms with E-state index in [0.717, 1.165) is 16.7 Å². The molecule has 1 aliphatic rings. The van der Waals surface area contributed by atoms with E-state index in [1.54, 1.807) is 13.0 Å². The quantitative estimate of drug-likeness (QED) is 0.588. The van der Waals surface area contributed by atoms with Gasteiger partial charge in [-0.25, -0.2) is 5.43 Å².